The molecule has 0 amide bonds. The highest BCUT2D eigenvalue weighted by atomic mass is 32.1. The largest absolute Gasteiger partial charge is 0.392 e. The number of rotatable bonds is 1. The van der Waals surface area contributed by atoms with E-state index in [1.165, 1.54) is 10.1 Å². The van der Waals surface area contributed by atoms with Crippen LogP contribution in [0.15, 0.2) is 36.7 Å². The van der Waals surface area contributed by atoms with Crippen molar-refractivity contribution in [2.75, 3.05) is 0 Å². The Labute approximate surface area is 90.8 Å². The molecule has 3 rings (SSSR count). The van der Waals surface area contributed by atoms with Crippen molar-refractivity contribution in [3.8, 4) is 0 Å². The van der Waals surface area contributed by atoms with Crippen molar-refractivity contribution in [2.45, 2.75) is 6.61 Å². The highest BCUT2D eigenvalue weighted by Crippen LogP contribution is 2.34. The molecule has 0 saturated carbocycles. The summed E-state index contributed by atoms with van der Waals surface area (Å²) in [5, 5.41) is 11.6. The van der Waals surface area contributed by atoms with Crippen LogP contribution in [0.2, 0.25) is 0 Å². The van der Waals surface area contributed by atoms with Gasteiger partial charge < -0.3 is 5.11 Å². The van der Waals surface area contributed by atoms with Gasteiger partial charge in [-0.05, 0) is 6.07 Å². The number of benzene rings is 1. The molecule has 15 heavy (non-hydrogen) atoms. The number of aliphatic hydroxyl groups is 1. The minimum atomic E-state index is 0.0467. The molecule has 0 aliphatic heterocycles. The lowest BCUT2D eigenvalue weighted by atomic mass is 10.1. The summed E-state index contributed by atoms with van der Waals surface area (Å²) < 4.78 is 2.39. The third kappa shape index (κ3) is 1.24. The topological polar surface area (TPSA) is 33.1 Å². The molecule has 0 aliphatic carbocycles. The van der Waals surface area contributed by atoms with Gasteiger partial charge >= 0.3 is 0 Å². The van der Waals surface area contributed by atoms with Crippen molar-refractivity contribution >= 4 is 31.5 Å². The maximum atomic E-state index is 9.28. The zero-order valence-corrected chi connectivity index (χ0v) is 8.79. The normalized spacial score (nSPS) is 11.3. The van der Waals surface area contributed by atoms with Crippen molar-refractivity contribution in [3.05, 3.63) is 42.2 Å². The predicted octanol–water partition coefficient (Wildman–Crippen LogP) is 2.94. The van der Waals surface area contributed by atoms with Gasteiger partial charge in [-0.1, -0.05) is 18.2 Å². The fourth-order valence-corrected chi connectivity index (χ4v) is 2.99. The summed E-state index contributed by atoms with van der Waals surface area (Å²) in [4.78, 5) is 4.13. The molecular formula is C12H9NOS. The SMILES string of the molecule is OCc1cncc2sc3ccccc3c12. The van der Waals surface area contributed by atoms with Crippen LogP contribution in [0.1, 0.15) is 5.56 Å². The minimum absolute atomic E-state index is 0.0467. The first kappa shape index (κ1) is 8.83. The van der Waals surface area contributed by atoms with E-state index in [2.05, 4.69) is 17.1 Å². The molecule has 0 fully saturated rings. The van der Waals surface area contributed by atoms with Crippen molar-refractivity contribution in [1.29, 1.82) is 0 Å². The Morgan fingerprint density at radius 3 is 2.87 bits per heavy atom. The molecule has 1 N–H and O–H groups in total. The fraction of sp³-hybridized carbons (Fsp3) is 0.0833. The highest BCUT2D eigenvalue weighted by molar-refractivity contribution is 7.25. The van der Waals surface area contributed by atoms with Gasteiger partial charge in [0.05, 0.1) is 11.3 Å². The van der Waals surface area contributed by atoms with E-state index in [0.717, 1.165) is 15.6 Å². The zero-order chi connectivity index (χ0) is 10.3. The van der Waals surface area contributed by atoms with Gasteiger partial charge in [-0.15, -0.1) is 11.3 Å². The van der Waals surface area contributed by atoms with Crippen LogP contribution in [0.3, 0.4) is 0 Å². The maximum absolute atomic E-state index is 9.28. The average Bonchev–Trinajstić information content (AvgIpc) is 2.67. The first-order chi connectivity index (χ1) is 7.40. The Morgan fingerprint density at radius 2 is 2.00 bits per heavy atom. The van der Waals surface area contributed by atoms with Gasteiger partial charge in [0.1, 0.15) is 0 Å². The second kappa shape index (κ2) is 3.29. The van der Waals surface area contributed by atoms with Gasteiger partial charge in [0.25, 0.3) is 0 Å². The van der Waals surface area contributed by atoms with E-state index in [1.54, 1.807) is 17.5 Å². The third-order valence-electron chi connectivity index (χ3n) is 2.54. The summed E-state index contributed by atoms with van der Waals surface area (Å²) in [6, 6.07) is 8.24. The van der Waals surface area contributed by atoms with Crippen LogP contribution < -0.4 is 0 Å². The van der Waals surface area contributed by atoms with Crippen LogP contribution in [-0.2, 0) is 6.61 Å². The Kier molecular flexibility index (Phi) is 1.94. The van der Waals surface area contributed by atoms with Crippen LogP contribution in [0.5, 0.6) is 0 Å². The summed E-state index contributed by atoms with van der Waals surface area (Å²) >= 11 is 1.72. The first-order valence-corrected chi connectivity index (χ1v) is 5.57. The fourth-order valence-electron chi connectivity index (χ4n) is 1.87. The van der Waals surface area contributed by atoms with E-state index in [0.29, 0.717) is 0 Å². The summed E-state index contributed by atoms with van der Waals surface area (Å²) in [6.07, 6.45) is 3.60. The smallest absolute Gasteiger partial charge is 0.0703 e. The molecule has 0 aliphatic rings. The molecule has 0 saturated heterocycles. The Bertz CT molecular complexity index is 630. The number of thiophene rings is 1. The third-order valence-corrected chi connectivity index (χ3v) is 3.64. The lowest BCUT2D eigenvalue weighted by Crippen LogP contribution is -1.85. The Balaban J connectivity index is 2.56. The van der Waals surface area contributed by atoms with E-state index in [-0.39, 0.29) is 6.61 Å². The summed E-state index contributed by atoms with van der Waals surface area (Å²) in [5.74, 6) is 0. The maximum Gasteiger partial charge on any atom is 0.0703 e. The van der Waals surface area contributed by atoms with Crippen LogP contribution in [0.25, 0.3) is 20.2 Å². The molecule has 0 spiro atoms. The molecule has 0 bridgehead atoms. The van der Waals surface area contributed by atoms with Gasteiger partial charge in [-0.3, -0.25) is 4.98 Å². The number of hydrogen-bond acceptors (Lipinski definition) is 3. The Hall–Kier alpha value is -1.45. The Morgan fingerprint density at radius 1 is 1.13 bits per heavy atom. The van der Waals surface area contributed by atoms with Crippen molar-refractivity contribution in [1.82, 2.24) is 4.98 Å². The predicted molar refractivity (Wildman–Crippen MR) is 63.0 cm³/mol. The van der Waals surface area contributed by atoms with Gasteiger partial charge in [-0.25, -0.2) is 0 Å². The zero-order valence-electron chi connectivity index (χ0n) is 7.97. The molecule has 3 heteroatoms. The van der Waals surface area contributed by atoms with E-state index in [9.17, 15) is 5.11 Å². The number of pyridine rings is 1. The van der Waals surface area contributed by atoms with Crippen LogP contribution in [0.4, 0.5) is 0 Å². The number of fused-ring (bicyclic) bond motifs is 3. The van der Waals surface area contributed by atoms with Crippen molar-refractivity contribution in [2.24, 2.45) is 0 Å². The van der Waals surface area contributed by atoms with E-state index in [1.807, 2.05) is 18.3 Å². The van der Waals surface area contributed by atoms with Crippen molar-refractivity contribution < 1.29 is 5.11 Å². The van der Waals surface area contributed by atoms with E-state index < -0.39 is 0 Å². The molecule has 2 aromatic heterocycles. The van der Waals surface area contributed by atoms with Gasteiger partial charge in [0, 0.05) is 33.4 Å². The lowest BCUT2D eigenvalue weighted by Gasteiger charge is -1.97. The molecule has 2 heterocycles. The van der Waals surface area contributed by atoms with Crippen LogP contribution >= 0.6 is 11.3 Å². The van der Waals surface area contributed by atoms with Gasteiger partial charge in [0.2, 0.25) is 0 Å². The molecule has 0 radical (unpaired) electrons. The second-order valence-electron chi connectivity index (χ2n) is 3.43. The second-order valence-corrected chi connectivity index (χ2v) is 4.51. The number of hydrogen-bond donors (Lipinski definition) is 1. The van der Waals surface area contributed by atoms with E-state index >= 15 is 0 Å². The van der Waals surface area contributed by atoms with E-state index in [4.69, 9.17) is 0 Å². The van der Waals surface area contributed by atoms with Gasteiger partial charge in [-0.2, -0.15) is 0 Å². The monoisotopic (exact) mass is 215 g/mol. The summed E-state index contributed by atoms with van der Waals surface area (Å²) in [7, 11) is 0. The molecule has 0 unspecified atom stereocenters. The molecule has 74 valence electrons. The van der Waals surface area contributed by atoms with Gasteiger partial charge in [0.15, 0.2) is 0 Å². The molecular weight excluding hydrogens is 206 g/mol. The van der Waals surface area contributed by atoms with Crippen molar-refractivity contribution in [3.63, 3.8) is 0 Å². The van der Waals surface area contributed by atoms with Crippen LogP contribution in [0, 0.1) is 0 Å². The standard InChI is InChI=1S/C12H9NOS/c14-7-8-5-13-6-11-12(8)9-3-1-2-4-10(9)15-11/h1-6,14H,7H2. The number of aliphatic hydroxyl groups excluding tert-OH is 1. The number of aromatic nitrogens is 1. The minimum Gasteiger partial charge on any atom is -0.392 e. The lowest BCUT2D eigenvalue weighted by molar-refractivity contribution is 0.283. The molecule has 0 atom stereocenters. The molecule has 2 nitrogen and oxygen atoms in total. The molecule has 3 aromatic rings. The summed E-state index contributed by atoms with van der Waals surface area (Å²) in [5.41, 5.74) is 0.907. The average molecular weight is 215 g/mol. The van der Waals surface area contributed by atoms with Crippen LogP contribution in [-0.4, -0.2) is 10.1 Å². The summed E-state index contributed by atoms with van der Waals surface area (Å²) in [6.45, 7) is 0.0467. The molecule has 1 aromatic carbocycles. The first-order valence-electron chi connectivity index (χ1n) is 4.75. The quantitative estimate of drug-likeness (QED) is 0.677. The highest BCUT2D eigenvalue weighted by Gasteiger charge is 2.07. The number of nitrogens with zero attached hydrogens (tertiary/aromatic N) is 1.